The van der Waals surface area contributed by atoms with Gasteiger partial charge < -0.3 is 9.47 Å². The molecule has 0 aliphatic heterocycles. The highest BCUT2D eigenvalue weighted by molar-refractivity contribution is 7.99. The molecule has 0 saturated carbocycles. The number of hydrogen-bond donors (Lipinski definition) is 0. The second kappa shape index (κ2) is 9.41. The van der Waals surface area contributed by atoms with E-state index in [-0.39, 0.29) is 24.5 Å². The molecule has 0 bridgehead atoms. The summed E-state index contributed by atoms with van der Waals surface area (Å²) in [7, 11) is 1.34. The maximum Gasteiger partial charge on any atom is 0.307 e. The van der Waals surface area contributed by atoms with E-state index in [9.17, 15) is 9.59 Å². The van der Waals surface area contributed by atoms with Crippen LogP contribution in [0.25, 0.3) is 10.9 Å². The van der Waals surface area contributed by atoms with Crippen LogP contribution >= 0.6 is 11.8 Å². The van der Waals surface area contributed by atoms with Gasteiger partial charge in [0.05, 0.1) is 31.0 Å². The average molecular weight is 398 g/mol. The van der Waals surface area contributed by atoms with Crippen molar-refractivity contribution >= 4 is 28.6 Å². The van der Waals surface area contributed by atoms with E-state index in [1.54, 1.807) is 12.1 Å². The van der Waals surface area contributed by atoms with E-state index in [0.717, 1.165) is 11.3 Å². The molecule has 0 amide bonds. The van der Waals surface area contributed by atoms with E-state index in [1.165, 1.54) is 23.4 Å². The molecule has 3 aromatic rings. The Morgan fingerprint density at radius 3 is 2.68 bits per heavy atom. The van der Waals surface area contributed by atoms with Gasteiger partial charge in [-0.3, -0.25) is 14.2 Å². The number of ether oxygens (including phenoxy) is 2. The van der Waals surface area contributed by atoms with Crippen molar-refractivity contribution in [3.8, 4) is 5.75 Å². The number of methoxy groups -OCH3 is 1. The summed E-state index contributed by atoms with van der Waals surface area (Å²) in [6.07, 6.45) is 0.115. The van der Waals surface area contributed by atoms with Gasteiger partial charge in [-0.1, -0.05) is 42.1 Å². The van der Waals surface area contributed by atoms with Gasteiger partial charge in [-0.05, 0) is 30.7 Å². The summed E-state index contributed by atoms with van der Waals surface area (Å²) in [5.74, 6) is 1.11. The molecule has 7 heteroatoms. The van der Waals surface area contributed by atoms with Crippen LogP contribution in [0, 0.1) is 6.92 Å². The van der Waals surface area contributed by atoms with Crippen LogP contribution in [0.1, 0.15) is 12.0 Å². The fourth-order valence-electron chi connectivity index (χ4n) is 2.76. The van der Waals surface area contributed by atoms with Crippen molar-refractivity contribution in [3.05, 3.63) is 64.4 Å². The molecule has 1 aromatic heterocycles. The van der Waals surface area contributed by atoms with Crippen LogP contribution in [-0.4, -0.2) is 35.0 Å². The van der Waals surface area contributed by atoms with E-state index >= 15 is 0 Å². The highest BCUT2D eigenvalue weighted by Gasteiger charge is 2.13. The Labute approximate surface area is 167 Å². The molecule has 0 saturated heterocycles. The summed E-state index contributed by atoms with van der Waals surface area (Å²) in [5, 5.41) is 1.11. The molecule has 0 aliphatic carbocycles. The van der Waals surface area contributed by atoms with Crippen molar-refractivity contribution in [1.29, 1.82) is 0 Å². The zero-order chi connectivity index (χ0) is 19.9. The number of aromatic nitrogens is 2. The first kappa shape index (κ1) is 19.9. The Morgan fingerprint density at radius 1 is 1.14 bits per heavy atom. The molecular weight excluding hydrogens is 376 g/mol. The SMILES string of the molecule is COC(=O)CCn1c(SCCOc2ccccc2C)nc2ccccc2c1=O. The number of hydrogen-bond acceptors (Lipinski definition) is 6. The minimum atomic E-state index is -0.362. The molecular formula is C21H22N2O4S. The number of carbonyl (C=O) groups excluding carboxylic acids is 1. The highest BCUT2D eigenvalue weighted by atomic mass is 32.2. The molecule has 28 heavy (non-hydrogen) atoms. The fraction of sp³-hybridized carbons (Fsp3) is 0.286. The molecule has 0 spiro atoms. The first-order chi connectivity index (χ1) is 13.6. The van der Waals surface area contributed by atoms with Gasteiger partial charge in [0.1, 0.15) is 5.75 Å². The summed E-state index contributed by atoms with van der Waals surface area (Å²) in [6.45, 7) is 2.71. The van der Waals surface area contributed by atoms with Gasteiger partial charge in [-0.25, -0.2) is 4.98 Å². The predicted octanol–water partition coefficient (Wildman–Crippen LogP) is 3.44. The Morgan fingerprint density at radius 2 is 1.89 bits per heavy atom. The first-order valence-electron chi connectivity index (χ1n) is 8.98. The van der Waals surface area contributed by atoms with E-state index in [2.05, 4.69) is 4.98 Å². The van der Waals surface area contributed by atoms with Gasteiger partial charge in [-0.15, -0.1) is 0 Å². The van der Waals surface area contributed by atoms with Gasteiger partial charge in [0.25, 0.3) is 5.56 Å². The van der Waals surface area contributed by atoms with Crippen molar-refractivity contribution < 1.29 is 14.3 Å². The van der Waals surface area contributed by atoms with E-state index in [1.807, 2.05) is 43.3 Å². The molecule has 0 aliphatic rings. The Balaban J connectivity index is 1.77. The third-order valence-corrected chi connectivity index (χ3v) is 5.20. The van der Waals surface area contributed by atoms with Crippen molar-refractivity contribution in [2.75, 3.05) is 19.5 Å². The molecule has 146 valence electrons. The standard InChI is InChI=1S/C21H22N2O4S/c1-15-7-3-6-10-18(15)27-13-14-28-21-22-17-9-5-4-8-16(17)20(25)23(21)12-11-19(24)26-2/h3-10H,11-14H2,1-2H3. The van der Waals surface area contributed by atoms with Crippen molar-refractivity contribution in [3.63, 3.8) is 0 Å². The number of carbonyl (C=O) groups is 1. The molecule has 2 aromatic carbocycles. The zero-order valence-electron chi connectivity index (χ0n) is 15.9. The van der Waals surface area contributed by atoms with Gasteiger partial charge in [0.15, 0.2) is 5.16 Å². The summed E-state index contributed by atoms with van der Waals surface area (Å²) in [4.78, 5) is 29.0. The number of fused-ring (bicyclic) bond motifs is 1. The minimum absolute atomic E-state index is 0.115. The number of benzene rings is 2. The summed E-state index contributed by atoms with van der Waals surface area (Å²) in [6, 6.07) is 15.0. The molecule has 0 radical (unpaired) electrons. The summed E-state index contributed by atoms with van der Waals surface area (Å²) >= 11 is 1.44. The van der Waals surface area contributed by atoms with Gasteiger partial charge >= 0.3 is 5.97 Å². The average Bonchev–Trinajstić information content (AvgIpc) is 2.71. The lowest BCUT2D eigenvalue weighted by atomic mass is 10.2. The van der Waals surface area contributed by atoms with E-state index < -0.39 is 0 Å². The molecule has 0 atom stereocenters. The number of nitrogens with zero attached hydrogens (tertiary/aromatic N) is 2. The highest BCUT2D eigenvalue weighted by Crippen LogP contribution is 2.20. The number of esters is 1. The van der Waals surface area contributed by atoms with Crippen LogP contribution in [0.15, 0.2) is 58.5 Å². The van der Waals surface area contributed by atoms with E-state index in [4.69, 9.17) is 9.47 Å². The number of aryl methyl sites for hydroxylation is 1. The molecule has 0 unspecified atom stereocenters. The second-order valence-electron chi connectivity index (χ2n) is 6.16. The molecule has 1 heterocycles. The van der Waals surface area contributed by atoms with Crippen LogP contribution in [0.3, 0.4) is 0 Å². The normalized spacial score (nSPS) is 10.8. The Kier molecular flexibility index (Phi) is 6.71. The van der Waals surface area contributed by atoms with Gasteiger partial charge in [0.2, 0.25) is 0 Å². The molecule has 6 nitrogen and oxygen atoms in total. The number of para-hydroxylation sites is 2. The molecule has 0 fully saturated rings. The molecule has 0 N–H and O–H groups in total. The van der Waals surface area contributed by atoms with Gasteiger partial charge in [-0.2, -0.15) is 0 Å². The largest absolute Gasteiger partial charge is 0.492 e. The third kappa shape index (κ3) is 4.72. The van der Waals surface area contributed by atoms with Crippen LogP contribution in [0.5, 0.6) is 5.75 Å². The van der Waals surface area contributed by atoms with Crippen molar-refractivity contribution in [1.82, 2.24) is 9.55 Å². The second-order valence-corrected chi connectivity index (χ2v) is 7.22. The van der Waals surface area contributed by atoms with Crippen LogP contribution in [-0.2, 0) is 16.1 Å². The van der Waals surface area contributed by atoms with Crippen molar-refractivity contribution in [2.45, 2.75) is 25.0 Å². The Bertz CT molecular complexity index is 1030. The smallest absolute Gasteiger partial charge is 0.307 e. The van der Waals surface area contributed by atoms with Crippen LogP contribution in [0.2, 0.25) is 0 Å². The summed E-state index contributed by atoms with van der Waals surface area (Å²) < 4.78 is 12.1. The Hall–Kier alpha value is -2.80. The predicted molar refractivity (Wildman–Crippen MR) is 110 cm³/mol. The monoisotopic (exact) mass is 398 g/mol. The fourth-order valence-corrected chi connectivity index (χ4v) is 3.61. The van der Waals surface area contributed by atoms with Crippen LogP contribution in [0.4, 0.5) is 0 Å². The van der Waals surface area contributed by atoms with E-state index in [0.29, 0.717) is 28.4 Å². The first-order valence-corrected chi connectivity index (χ1v) is 9.96. The summed E-state index contributed by atoms with van der Waals surface area (Å²) in [5.41, 5.74) is 1.56. The lowest BCUT2D eigenvalue weighted by Gasteiger charge is -2.13. The zero-order valence-corrected chi connectivity index (χ0v) is 16.7. The lowest BCUT2D eigenvalue weighted by molar-refractivity contribution is -0.140. The van der Waals surface area contributed by atoms with Crippen LogP contribution < -0.4 is 10.3 Å². The van der Waals surface area contributed by atoms with Crippen molar-refractivity contribution in [2.24, 2.45) is 0 Å². The van der Waals surface area contributed by atoms with Gasteiger partial charge in [0, 0.05) is 12.3 Å². The lowest BCUT2D eigenvalue weighted by Crippen LogP contribution is -2.25. The maximum absolute atomic E-state index is 12.9. The molecule has 3 rings (SSSR count). The number of thioether (sulfide) groups is 1. The maximum atomic E-state index is 12.9. The number of rotatable bonds is 8. The topological polar surface area (TPSA) is 70.4 Å². The minimum Gasteiger partial charge on any atom is -0.492 e. The quantitative estimate of drug-likeness (QED) is 0.251. The third-order valence-electron chi connectivity index (χ3n) is 4.26.